The van der Waals surface area contributed by atoms with Gasteiger partial charge in [-0.2, -0.15) is 23.5 Å². The number of nitrogens with one attached hydrogen (secondary N) is 1. The van der Waals surface area contributed by atoms with Crippen LogP contribution in [-0.2, 0) is 12.7 Å². The van der Waals surface area contributed by atoms with Gasteiger partial charge < -0.3 is 16.0 Å². The van der Waals surface area contributed by atoms with Gasteiger partial charge in [0.2, 0.25) is 5.91 Å². The quantitative estimate of drug-likeness (QED) is 0.340. The molecule has 210 valence electrons. The van der Waals surface area contributed by atoms with E-state index in [0.29, 0.717) is 22.0 Å². The molecule has 0 saturated carbocycles. The zero-order valence-corrected chi connectivity index (χ0v) is 22.1. The van der Waals surface area contributed by atoms with Gasteiger partial charge in [0.1, 0.15) is 5.69 Å². The molecule has 1 fully saturated rings. The van der Waals surface area contributed by atoms with Crippen molar-refractivity contribution in [2.75, 3.05) is 23.3 Å². The molecule has 5 rings (SSSR count). The van der Waals surface area contributed by atoms with Crippen LogP contribution in [0.1, 0.15) is 62.6 Å². The molecule has 3 heterocycles. The van der Waals surface area contributed by atoms with Crippen molar-refractivity contribution in [1.29, 1.82) is 5.26 Å². The van der Waals surface area contributed by atoms with Crippen LogP contribution in [0.5, 0.6) is 0 Å². The number of primary amides is 1. The number of alkyl halides is 3. The predicted molar refractivity (Wildman–Crippen MR) is 147 cm³/mol. The minimum atomic E-state index is -4.86. The molecule has 2 amide bonds. The van der Waals surface area contributed by atoms with E-state index in [1.807, 2.05) is 12.1 Å². The van der Waals surface area contributed by atoms with Gasteiger partial charge in [0, 0.05) is 24.2 Å². The first-order valence-electron chi connectivity index (χ1n) is 13.0. The van der Waals surface area contributed by atoms with Crippen LogP contribution in [-0.4, -0.2) is 39.7 Å². The summed E-state index contributed by atoms with van der Waals surface area (Å²) in [6.07, 6.45) is -1.59. The van der Waals surface area contributed by atoms with E-state index in [1.54, 1.807) is 36.4 Å². The number of aromatic nitrogens is 3. The molecule has 0 radical (unpaired) electrons. The minimum absolute atomic E-state index is 0.0180. The number of benzene rings is 2. The van der Waals surface area contributed by atoms with E-state index in [4.69, 9.17) is 11.0 Å². The number of pyridine rings is 1. The zero-order valence-electron chi connectivity index (χ0n) is 22.1. The van der Waals surface area contributed by atoms with E-state index in [9.17, 15) is 22.8 Å². The van der Waals surface area contributed by atoms with E-state index >= 15 is 0 Å². The third-order valence-electron chi connectivity index (χ3n) is 7.14. The van der Waals surface area contributed by atoms with Gasteiger partial charge in [-0.15, -0.1) is 0 Å². The molecule has 4 aromatic rings. The molecule has 2 aromatic heterocycles. The molecule has 0 spiro atoms. The molecule has 1 aliphatic heterocycles. The largest absolute Gasteiger partial charge is 0.437 e. The van der Waals surface area contributed by atoms with Gasteiger partial charge in [-0.25, -0.2) is 4.98 Å². The molecular weight excluding hydrogens is 535 g/mol. The number of nitrogens with zero attached hydrogens (tertiary/aromatic N) is 5. The molecular formula is C29H26F3N7O2. The summed E-state index contributed by atoms with van der Waals surface area (Å²) in [4.78, 5) is 32.1. The molecule has 41 heavy (non-hydrogen) atoms. The Morgan fingerprint density at radius 3 is 2.41 bits per heavy atom. The summed E-state index contributed by atoms with van der Waals surface area (Å²) < 4.78 is 43.0. The van der Waals surface area contributed by atoms with Crippen molar-refractivity contribution in [3.8, 4) is 6.07 Å². The average molecular weight is 562 g/mol. The first kappa shape index (κ1) is 27.6. The highest BCUT2D eigenvalue weighted by molar-refractivity contribution is 6.11. The molecule has 1 saturated heterocycles. The summed E-state index contributed by atoms with van der Waals surface area (Å²) in [5.74, 6) is -1.73. The number of piperidine rings is 1. The van der Waals surface area contributed by atoms with Crippen molar-refractivity contribution in [1.82, 2.24) is 14.8 Å². The fourth-order valence-corrected chi connectivity index (χ4v) is 4.97. The normalized spacial score (nSPS) is 13.7. The van der Waals surface area contributed by atoms with Crippen LogP contribution in [0.2, 0.25) is 0 Å². The Kier molecular flexibility index (Phi) is 7.36. The van der Waals surface area contributed by atoms with Gasteiger partial charge in [0.25, 0.3) is 5.91 Å². The van der Waals surface area contributed by atoms with Crippen LogP contribution in [0.15, 0.2) is 48.5 Å². The highest BCUT2D eigenvalue weighted by Crippen LogP contribution is 2.36. The monoisotopic (exact) mass is 561 g/mol. The number of amides is 2. The van der Waals surface area contributed by atoms with Crippen molar-refractivity contribution < 1.29 is 22.8 Å². The van der Waals surface area contributed by atoms with Gasteiger partial charge in [0.05, 0.1) is 40.6 Å². The Labute approximate surface area is 233 Å². The van der Waals surface area contributed by atoms with Crippen LogP contribution in [0.25, 0.3) is 10.9 Å². The van der Waals surface area contributed by atoms with Crippen LogP contribution in [0.4, 0.5) is 24.5 Å². The summed E-state index contributed by atoms with van der Waals surface area (Å²) >= 11 is 0. The minimum Gasteiger partial charge on any atom is -0.372 e. The Bertz CT molecular complexity index is 1680. The maximum Gasteiger partial charge on any atom is 0.437 e. The van der Waals surface area contributed by atoms with Crippen LogP contribution in [0, 0.1) is 18.3 Å². The lowest BCUT2D eigenvalue weighted by Gasteiger charge is -2.29. The van der Waals surface area contributed by atoms with Crippen LogP contribution in [0.3, 0.4) is 0 Å². The molecule has 0 atom stereocenters. The van der Waals surface area contributed by atoms with E-state index in [2.05, 4.69) is 20.3 Å². The number of nitrogens with two attached hydrogens (primary N) is 1. The molecule has 3 N–H and O–H groups in total. The van der Waals surface area contributed by atoms with Crippen molar-refractivity contribution in [2.24, 2.45) is 5.73 Å². The number of carbonyl (C=O) groups excluding carboxylic acids is 2. The van der Waals surface area contributed by atoms with Crippen molar-refractivity contribution in [3.63, 3.8) is 0 Å². The van der Waals surface area contributed by atoms with Crippen LogP contribution >= 0.6 is 0 Å². The third-order valence-corrected chi connectivity index (χ3v) is 7.14. The second-order valence-electron chi connectivity index (χ2n) is 9.90. The lowest BCUT2D eigenvalue weighted by Crippen LogP contribution is -2.29. The summed E-state index contributed by atoms with van der Waals surface area (Å²) in [5, 5.41) is 15.5. The summed E-state index contributed by atoms with van der Waals surface area (Å²) in [6, 6.07) is 14.8. The fourth-order valence-electron chi connectivity index (χ4n) is 4.97. The standard InChI is InChI=1S/C29H26F3N7O2/c1-17-25(26(29(30,31)32)37-39(17)16-19-7-5-18(15-33)6-8-19)36-28(41)24-14-22(27(34)40)21-13-20(9-10-23(21)35-24)38-11-3-2-4-12-38/h5-10,13-14H,2-4,11-12,16H2,1H3,(H2,34,40)(H,36,41). The number of carbonyl (C=O) groups is 2. The number of hydrogen-bond donors (Lipinski definition) is 2. The smallest absolute Gasteiger partial charge is 0.372 e. The number of anilines is 2. The molecule has 0 aliphatic carbocycles. The Morgan fingerprint density at radius 2 is 1.78 bits per heavy atom. The Morgan fingerprint density at radius 1 is 1.07 bits per heavy atom. The number of hydrogen-bond acceptors (Lipinski definition) is 6. The molecule has 2 aromatic carbocycles. The second kappa shape index (κ2) is 10.9. The van der Waals surface area contributed by atoms with E-state index < -0.39 is 29.4 Å². The molecule has 9 nitrogen and oxygen atoms in total. The van der Waals surface area contributed by atoms with E-state index in [0.717, 1.165) is 42.7 Å². The molecule has 12 heteroatoms. The number of rotatable bonds is 6. The molecule has 0 bridgehead atoms. The first-order valence-corrected chi connectivity index (χ1v) is 13.0. The Balaban J connectivity index is 1.48. The average Bonchev–Trinajstić information content (AvgIpc) is 3.27. The summed E-state index contributed by atoms with van der Waals surface area (Å²) in [7, 11) is 0. The number of fused-ring (bicyclic) bond motifs is 1. The number of nitriles is 1. The lowest BCUT2D eigenvalue weighted by atomic mass is 10.0. The number of halogens is 3. The third kappa shape index (κ3) is 5.70. The fraction of sp³-hybridized carbons (Fsp3) is 0.276. The SMILES string of the molecule is Cc1c(NC(=O)c2cc(C(N)=O)c3cc(N4CCCCC4)ccc3n2)c(C(F)(F)F)nn1Cc1ccc(C#N)cc1. The second-order valence-corrected chi connectivity index (χ2v) is 9.90. The van der Waals surface area contributed by atoms with Gasteiger partial charge >= 0.3 is 6.18 Å². The van der Waals surface area contributed by atoms with Crippen molar-refractivity contribution in [2.45, 2.75) is 38.9 Å². The van der Waals surface area contributed by atoms with Gasteiger partial charge in [-0.05, 0) is 68.1 Å². The van der Waals surface area contributed by atoms with Gasteiger partial charge in [-0.1, -0.05) is 12.1 Å². The summed E-state index contributed by atoms with van der Waals surface area (Å²) in [5.41, 5.74) is 5.96. The van der Waals surface area contributed by atoms with E-state index in [1.165, 1.54) is 13.0 Å². The Hall–Kier alpha value is -4.92. The van der Waals surface area contributed by atoms with E-state index in [-0.39, 0.29) is 23.5 Å². The lowest BCUT2D eigenvalue weighted by molar-refractivity contribution is -0.140. The van der Waals surface area contributed by atoms with Crippen molar-refractivity contribution >= 4 is 34.1 Å². The predicted octanol–water partition coefficient (Wildman–Crippen LogP) is 5.02. The highest BCUT2D eigenvalue weighted by Gasteiger charge is 2.39. The maximum absolute atomic E-state index is 14.0. The molecule has 0 unspecified atom stereocenters. The summed E-state index contributed by atoms with van der Waals surface area (Å²) in [6.45, 7) is 3.15. The highest BCUT2D eigenvalue weighted by atomic mass is 19.4. The van der Waals surface area contributed by atoms with Crippen LogP contribution < -0.4 is 16.0 Å². The topological polar surface area (TPSA) is 130 Å². The first-order chi connectivity index (χ1) is 19.5. The van der Waals surface area contributed by atoms with Crippen molar-refractivity contribution in [3.05, 3.63) is 82.3 Å². The maximum atomic E-state index is 14.0. The van der Waals surface area contributed by atoms with Gasteiger partial charge in [0.15, 0.2) is 5.69 Å². The van der Waals surface area contributed by atoms with Gasteiger partial charge in [-0.3, -0.25) is 14.3 Å². The zero-order chi connectivity index (χ0) is 29.3. The molecule has 1 aliphatic rings.